The van der Waals surface area contributed by atoms with Crippen molar-refractivity contribution in [2.75, 3.05) is 11.5 Å². The molecule has 1 aromatic rings. The minimum absolute atomic E-state index is 0.0628. The van der Waals surface area contributed by atoms with E-state index in [2.05, 4.69) is 0 Å². The Morgan fingerprint density at radius 2 is 1.96 bits per heavy atom. The lowest BCUT2D eigenvalue weighted by Gasteiger charge is -2.28. The molecule has 1 unspecified atom stereocenters. The topological polar surface area (TPSA) is 93.1 Å². The molecule has 0 saturated carbocycles. The van der Waals surface area contributed by atoms with Gasteiger partial charge in [0.25, 0.3) is 0 Å². The predicted octanol–water partition coefficient (Wildman–Crippen LogP) is 2.61. The summed E-state index contributed by atoms with van der Waals surface area (Å²) in [5, 5.41) is 9.34. The van der Waals surface area contributed by atoms with Gasteiger partial charge in [0.2, 0.25) is 0 Å². The van der Waals surface area contributed by atoms with Crippen molar-refractivity contribution in [3.05, 3.63) is 29.3 Å². The molecule has 0 saturated heterocycles. The molecule has 1 atom stereocenters. The highest BCUT2D eigenvalue weighted by Crippen LogP contribution is 2.36. The number of benzene rings is 1. The van der Waals surface area contributed by atoms with E-state index in [1.54, 1.807) is 33.8 Å². The molecule has 0 fully saturated rings. The second-order valence-electron chi connectivity index (χ2n) is 6.43. The van der Waals surface area contributed by atoms with Crippen molar-refractivity contribution in [1.29, 1.82) is 0 Å². The minimum Gasteiger partial charge on any atom is -0.478 e. The summed E-state index contributed by atoms with van der Waals surface area (Å²) in [5.74, 6) is -1.70. The van der Waals surface area contributed by atoms with E-state index < -0.39 is 29.7 Å². The van der Waals surface area contributed by atoms with Gasteiger partial charge in [-0.3, -0.25) is 4.90 Å². The summed E-state index contributed by atoms with van der Waals surface area (Å²) in [7, 11) is 0. The van der Waals surface area contributed by atoms with E-state index in [9.17, 15) is 19.5 Å². The summed E-state index contributed by atoms with van der Waals surface area (Å²) in [6.45, 7) is 6.99. The summed E-state index contributed by atoms with van der Waals surface area (Å²) < 4.78 is 10.4. The smallest absolute Gasteiger partial charge is 0.415 e. The van der Waals surface area contributed by atoms with Crippen molar-refractivity contribution in [3.63, 3.8) is 0 Å². The Morgan fingerprint density at radius 3 is 2.50 bits per heavy atom. The van der Waals surface area contributed by atoms with Gasteiger partial charge in [0.05, 0.1) is 17.9 Å². The van der Waals surface area contributed by atoms with Gasteiger partial charge < -0.3 is 14.6 Å². The normalized spacial score (nSPS) is 16.5. The van der Waals surface area contributed by atoms with Crippen LogP contribution < -0.4 is 4.90 Å². The van der Waals surface area contributed by atoms with Gasteiger partial charge >= 0.3 is 18.0 Å². The number of hydrogen-bond donors (Lipinski definition) is 1. The van der Waals surface area contributed by atoms with Crippen LogP contribution in [0.5, 0.6) is 0 Å². The number of nitrogens with zero attached hydrogens (tertiary/aromatic N) is 1. The zero-order valence-corrected chi connectivity index (χ0v) is 14.2. The maximum Gasteiger partial charge on any atom is 0.415 e. The number of hydrogen-bond acceptors (Lipinski definition) is 5. The molecular formula is C17H21NO6. The lowest BCUT2D eigenvalue weighted by Crippen LogP contribution is -2.46. The van der Waals surface area contributed by atoms with Gasteiger partial charge in [-0.15, -0.1) is 0 Å². The lowest BCUT2D eigenvalue weighted by molar-refractivity contribution is -0.144. The number of carbonyl (C=O) groups is 3. The zero-order chi connectivity index (χ0) is 18.1. The molecule has 0 spiro atoms. The van der Waals surface area contributed by atoms with E-state index in [1.807, 2.05) is 0 Å². The summed E-state index contributed by atoms with van der Waals surface area (Å²) >= 11 is 0. The molecule has 24 heavy (non-hydrogen) atoms. The number of esters is 1. The van der Waals surface area contributed by atoms with Crippen molar-refractivity contribution >= 4 is 23.7 Å². The standard InChI is InChI=1S/C17H21NO6/c1-5-23-15(21)13-9-11-10(14(19)20)7-6-8-12(11)18(13)16(22)24-17(2,3)4/h6-8,13H,5,9H2,1-4H3,(H,19,20). The van der Waals surface area contributed by atoms with Gasteiger partial charge in [0.15, 0.2) is 0 Å². The Bertz CT molecular complexity index is 676. The molecule has 0 aliphatic carbocycles. The van der Waals surface area contributed by atoms with Crippen LogP contribution in [0.25, 0.3) is 0 Å². The van der Waals surface area contributed by atoms with Gasteiger partial charge in [-0.25, -0.2) is 14.4 Å². The number of rotatable bonds is 3. The van der Waals surface area contributed by atoms with Gasteiger partial charge in [-0.05, 0) is 45.4 Å². The third kappa shape index (κ3) is 3.50. The Balaban J connectivity index is 2.47. The molecule has 0 aromatic heterocycles. The molecule has 0 bridgehead atoms. The molecule has 0 radical (unpaired) electrons. The van der Waals surface area contributed by atoms with E-state index in [0.717, 1.165) is 0 Å². The summed E-state index contributed by atoms with van der Waals surface area (Å²) in [5.41, 5.74) is 0.104. The number of anilines is 1. The molecule has 130 valence electrons. The first-order chi connectivity index (χ1) is 11.2. The van der Waals surface area contributed by atoms with Gasteiger partial charge in [0.1, 0.15) is 11.6 Å². The highest BCUT2D eigenvalue weighted by Gasteiger charge is 2.42. The first-order valence-corrected chi connectivity index (χ1v) is 7.69. The molecule has 1 aromatic carbocycles. The molecule has 2 rings (SSSR count). The number of carboxylic acids is 1. The van der Waals surface area contributed by atoms with Crippen molar-refractivity contribution in [2.24, 2.45) is 0 Å². The molecule has 7 heteroatoms. The van der Waals surface area contributed by atoms with Crippen LogP contribution in [-0.4, -0.2) is 41.4 Å². The lowest BCUT2D eigenvalue weighted by atomic mass is 10.0. The minimum atomic E-state index is -1.11. The second-order valence-corrected chi connectivity index (χ2v) is 6.43. The third-order valence-electron chi connectivity index (χ3n) is 3.50. The first-order valence-electron chi connectivity index (χ1n) is 7.69. The summed E-state index contributed by atoms with van der Waals surface area (Å²) in [4.78, 5) is 37.4. The monoisotopic (exact) mass is 335 g/mol. The van der Waals surface area contributed by atoms with E-state index in [-0.39, 0.29) is 18.6 Å². The van der Waals surface area contributed by atoms with Crippen LogP contribution in [0.1, 0.15) is 43.6 Å². The van der Waals surface area contributed by atoms with Crippen LogP contribution in [0.15, 0.2) is 18.2 Å². The van der Waals surface area contributed by atoms with Crippen LogP contribution in [0.2, 0.25) is 0 Å². The molecule has 1 aliphatic rings. The third-order valence-corrected chi connectivity index (χ3v) is 3.50. The summed E-state index contributed by atoms with van der Waals surface area (Å²) in [6, 6.07) is 3.65. The zero-order valence-electron chi connectivity index (χ0n) is 14.2. The van der Waals surface area contributed by atoms with Crippen molar-refractivity contribution in [3.8, 4) is 0 Å². The van der Waals surface area contributed by atoms with E-state index in [0.29, 0.717) is 11.3 Å². The van der Waals surface area contributed by atoms with Gasteiger partial charge in [-0.2, -0.15) is 0 Å². The number of carboxylic acid groups (broad SMARTS) is 1. The van der Waals surface area contributed by atoms with Crippen molar-refractivity contribution in [1.82, 2.24) is 0 Å². The Hall–Kier alpha value is -2.57. The Morgan fingerprint density at radius 1 is 1.29 bits per heavy atom. The fraction of sp³-hybridized carbons (Fsp3) is 0.471. The van der Waals surface area contributed by atoms with E-state index in [4.69, 9.17) is 9.47 Å². The molecule has 1 aliphatic heterocycles. The number of ether oxygens (including phenoxy) is 2. The molecule has 7 nitrogen and oxygen atoms in total. The van der Waals surface area contributed by atoms with Gasteiger partial charge in [0, 0.05) is 6.42 Å². The van der Waals surface area contributed by atoms with Gasteiger partial charge in [-0.1, -0.05) is 6.07 Å². The Labute approximate surface area is 140 Å². The van der Waals surface area contributed by atoms with Crippen molar-refractivity contribution in [2.45, 2.75) is 45.8 Å². The SMILES string of the molecule is CCOC(=O)C1Cc2c(C(=O)O)cccc2N1C(=O)OC(C)(C)C. The molecular weight excluding hydrogens is 314 g/mol. The predicted molar refractivity (Wildman–Crippen MR) is 86.2 cm³/mol. The number of carbonyl (C=O) groups excluding carboxylic acids is 2. The molecule has 1 amide bonds. The van der Waals surface area contributed by atoms with E-state index in [1.165, 1.54) is 17.0 Å². The number of fused-ring (bicyclic) bond motifs is 1. The van der Waals surface area contributed by atoms with Crippen molar-refractivity contribution < 1.29 is 29.0 Å². The highest BCUT2D eigenvalue weighted by molar-refractivity contribution is 6.02. The van der Waals surface area contributed by atoms with E-state index >= 15 is 0 Å². The van der Waals surface area contributed by atoms with Crippen LogP contribution in [-0.2, 0) is 20.7 Å². The van der Waals surface area contributed by atoms with Crippen LogP contribution >= 0.6 is 0 Å². The average Bonchev–Trinajstić information content (AvgIpc) is 2.84. The highest BCUT2D eigenvalue weighted by atomic mass is 16.6. The first kappa shape index (κ1) is 17.8. The molecule has 1 N–H and O–H groups in total. The number of amides is 1. The molecule has 1 heterocycles. The maximum absolute atomic E-state index is 12.6. The van der Waals surface area contributed by atoms with Crippen LogP contribution in [0.4, 0.5) is 10.5 Å². The fourth-order valence-corrected chi connectivity index (χ4v) is 2.63. The fourth-order valence-electron chi connectivity index (χ4n) is 2.63. The van der Waals surface area contributed by atoms with Crippen LogP contribution in [0, 0.1) is 0 Å². The maximum atomic E-state index is 12.6. The average molecular weight is 335 g/mol. The summed E-state index contributed by atoms with van der Waals surface area (Å²) in [6.07, 6.45) is -0.627. The number of aromatic carboxylic acids is 1. The largest absolute Gasteiger partial charge is 0.478 e. The Kier molecular flexibility index (Phi) is 4.82. The van der Waals surface area contributed by atoms with Crippen LogP contribution in [0.3, 0.4) is 0 Å². The quantitative estimate of drug-likeness (QED) is 0.854. The second kappa shape index (κ2) is 6.51.